The summed E-state index contributed by atoms with van der Waals surface area (Å²) in [5, 5.41) is 0. The Hall–Kier alpha value is -0.740. The summed E-state index contributed by atoms with van der Waals surface area (Å²) >= 11 is 1.78. The third-order valence-electron chi connectivity index (χ3n) is 1.26. The van der Waals surface area contributed by atoms with Crippen LogP contribution in [0, 0.1) is 11.8 Å². The van der Waals surface area contributed by atoms with Crippen molar-refractivity contribution in [3.05, 3.63) is 21.9 Å². The van der Waals surface area contributed by atoms with Crippen LogP contribution in [0.15, 0.2) is 12.1 Å². The Morgan fingerprint density at radius 2 is 2.30 bits per heavy atom. The van der Waals surface area contributed by atoms with E-state index in [2.05, 4.69) is 30.9 Å². The standard InChI is InChI=1S/C9H10S/c1-3-5-9-7-6-8(4-2)10-9/h6-7H,4H2,1-2H3. The molecule has 1 heteroatoms. The van der Waals surface area contributed by atoms with Gasteiger partial charge >= 0.3 is 0 Å². The van der Waals surface area contributed by atoms with Crippen LogP contribution in [0.25, 0.3) is 0 Å². The van der Waals surface area contributed by atoms with Gasteiger partial charge in [-0.2, -0.15) is 0 Å². The largest absolute Gasteiger partial charge is 0.132 e. The molecule has 0 unspecified atom stereocenters. The third-order valence-corrected chi connectivity index (χ3v) is 2.40. The fourth-order valence-corrected chi connectivity index (χ4v) is 1.61. The third kappa shape index (κ3) is 1.62. The number of hydrogen-bond acceptors (Lipinski definition) is 1. The maximum absolute atomic E-state index is 3.03. The van der Waals surface area contributed by atoms with Crippen LogP contribution in [0.1, 0.15) is 23.6 Å². The topological polar surface area (TPSA) is 0 Å². The molecule has 0 radical (unpaired) electrons. The molecule has 0 aliphatic carbocycles. The van der Waals surface area contributed by atoms with E-state index >= 15 is 0 Å². The van der Waals surface area contributed by atoms with E-state index in [1.54, 1.807) is 11.3 Å². The number of hydrogen-bond donors (Lipinski definition) is 0. The zero-order chi connectivity index (χ0) is 7.40. The molecule has 0 N–H and O–H groups in total. The van der Waals surface area contributed by atoms with Crippen molar-refractivity contribution < 1.29 is 0 Å². The Morgan fingerprint density at radius 1 is 1.50 bits per heavy atom. The molecule has 0 amide bonds. The Bertz CT molecular complexity index is 260. The SMILES string of the molecule is CC#Cc1ccc(CC)s1. The minimum absolute atomic E-state index is 1.12. The van der Waals surface area contributed by atoms with Gasteiger partial charge in [0, 0.05) is 4.88 Å². The van der Waals surface area contributed by atoms with Gasteiger partial charge in [0.2, 0.25) is 0 Å². The summed E-state index contributed by atoms with van der Waals surface area (Å²) < 4.78 is 0. The zero-order valence-electron chi connectivity index (χ0n) is 6.27. The monoisotopic (exact) mass is 150 g/mol. The molecule has 1 aromatic rings. The molecule has 0 nitrogen and oxygen atoms in total. The van der Waals surface area contributed by atoms with Gasteiger partial charge < -0.3 is 0 Å². The van der Waals surface area contributed by atoms with Gasteiger partial charge in [0.1, 0.15) is 0 Å². The second kappa shape index (κ2) is 3.43. The van der Waals surface area contributed by atoms with Crippen molar-refractivity contribution in [2.45, 2.75) is 20.3 Å². The molecule has 0 saturated carbocycles. The van der Waals surface area contributed by atoms with Crippen LogP contribution in [0.5, 0.6) is 0 Å². The Labute approximate surface area is 65.9 Å². The highest BCUT2D eigenvalue weighted by atomic mass is 32.1. The zero-order valence-corrected chi connectivity index (χ0v) is 7.09. The summed E-state index contributed by atoms with van der Waals surface area (Å²) in [7, 11) is 0. The molecule has 10 heavy (non-hydrogen) atoms. The molecule has 0 aromatic carbocycles. The van der Waals surface area contributed by atoms with Gasteiger partial charge in [0.25, 0.3) is 0 Å². The van der Waals surface area contributed by atoms with Crippen LogP contribution in [0.3, 0.4) is 0 Å². The van der Waals surface area contributed by atoms with Crippen molar-refractivity contribution in [1.29, 1.82) is 0 Å². The fourth-order valence-electron chi connectivity index (χ4n) is 0.758. The van der Waals surface area contributed by atoms with Crippen LogP contribution in [-0.4, -0.2) is 0 Å². The van der Waals surface area contributed by atoms with E-state index in [1.807, 2.05) is 6.92 Å². The van der Waals surface area contributed by atoms with Gasteiger partial charge in [-0.25, -0.2) is 0 Å². The van der Waals surface area contributed by atoms with Crippen LogP contribution in [-0.2, 0) is 6.42 Å². The maximum atomic E-state index is 3.03. The first-order valence-electron chi connectivity index (χ1n) is 3.38. The number of aryl methyl sites for hydroxylation is 1. The predicted molar refractivity (Wildman–Crippen MR) is 46.2 cm³/mol. The molecule has 0 atom stereocenters. The average molecular weight is 150 g/mol. The summed E-state index contributed by atoms with van der Waals surface area (Å²) in [6.45, 7) is 4.03. The van der Waals surface area contributed by atoms with Gasteiger partial charge in [-0.3, -0.25) is 0 Å². The van der Waals surface area contributed by atoms with Crippen LogP contribution < -0.4 is 0 Å². The molecule has 0 aliphatic rings. The lowest BCUT2D eigenvalue weighted by Gasteiger charge is -1.80. The lowest BCUT2D eigenvalue weighted by atomic mass is 10.4. The summed E-state index contributed by atoms with van der Waals surface area (Å²) in [6, 6.07) is 4.23. The number of rotatable bonds is 1. The lowest BCUT2D eigenvalue weighted by molar-refractivity contribution is 1.19. The molecule has 52 valence electrons. The van der Waals surface area contributed by atoms with Gasteiger partial charge in [0.15, 0.2) is 0 Å². The molecule has 1 rings (SSSR count). The average Bonchev–Trinajstić information content (AvgIpc) is 2.37. The molecule has 1 aromatic heterocycles. The minimum Gasteiger partial charge on any atom is -0.132 e. The first kappa shape index (κ1) is 7.37. The van der Waals surface area contributed by atoms with E-state index in [9.17, 15) is 0 Å². The van der Waals surface area contributed by atoms with Crippen molar-refractivity contribution in [2.75, 3.05) is 0 Å². The van der Waals surface area contributed by atoms with E-state index in [1.165, 1.54) is 9.75 Å². The lowest BCUT2D eigenvalue weighted by Crippen LogP contribution is -1.63. The summed E-state index contributed by atoms with van der Waals surface area (Å²) in [4.78, 5) is 2.59. The molecular weight excluding hydrogens is 140 g/mol. The van der Waals surface area contributed by atoms with Gasteiger partial charge in [-0.05, 0) is 25.5 Å². The van der Waals surface area contributed by atoms with Crippen molar-refractivity contribution >= 4 is 11.3 Å². The molecule has 1 heterocycles. The molecule has 0 saturated heterocycles. The molecule has 0 aliphatic heterocycles. The minimum atomic E-state index is 1.12. The summed E-state index contributed by atoms with van der Waals surface area (Å²) in [5.74, 6) is 5.91. The highest BCUT2D eigenvalue weighted by molar-refractivity contribution is 7.12. The van der Waals surface area contributed by atoms with Crippen molar-refractivity contribution in [3.63, 3.8) is 0 Å². The van der Waals surface area contributed by atoms with E-state index in [0.29, 0.717) is 0 Å². The van der Waals surface area contributed by atoms with E-state index in [4.69, 9.17) is 0 Å². The first-order valence-corrected chi connectivity index (χ1v) is 4.20. The second-order valence-electron chi connectivity index (χ2n) is 1.99. The van der Waals surface area contributed by atoms with Crippen LogP contribution >= 0.6 is 11.3 Å². The van der Waals surface area contributed by atoms with Gasteiger partial charge in [-0.15, -0.1) is 17.3 Å². The smallest absolute Gasteiger partial charge is 0.0771 e. The molecular formula is C9H10S. The summed E-state index contributed by atoms with van der Waals surface area (Å²) in [6.07, 6.45) is 1.12. The van der Waals surface area contributed by atoms with E-state index < -0.39 is 0 Å². The van der Waals surface area contributed by atoms with Crippen molar-refractivity contribution in [1.82, 2.24) is 0 Å². The second-order valence-corrected chi connectivity index (χ2v) is 3.16. The quantitative estimate of drug-likeness (QED) is 0.540. The number of thiophene rings is 1. The predicted octanol–water partition coefficient (Wildman–Crippen LogP) is 2.68. The van der Waals surface area contributed by atoms with Crippen LogP contribution in [0.4, 0.5) is 0 Å². The van der Waals surface area contributed by atoms with Crippen LogP contribution in [0.2, 0.25) is 0 Å². The Kier molecular flexibility index (Phi) is 2.53. The highest BCUT2D eigenvalue weighted by Crippen LogP contribution is 2.15. The first-order chi connectivity index (χ1) is 4.86. The summed E-state index contributed by atoms with van der Waals surface area (Å²) in [5.41, 5.74) is 0. The molecule has 0 fully saturated rings. The fraction of sp³-hybridized carbons (Fsp3) is 0.333. The van der Waals surface area contributed by atoms with E-state index in [0.717, 1.165) is 6.42 Å². The van der Waals surface area contributed by atoms with E-state index in [-0.39, 0.29) is 0 Å². The molecule has 0 spiro atoms. The van der Waals surface area contributed by atoms with Crippen molar-refractivity contribution in [2.24, 2.45) is 0 Å². The van der Waals surface area contributed by atoms with Gasteiger partial charge in [0.05, 0.1) is 4.88 Å². The highest BCUT2D eigenvalue weighted by Gasteiger charge is 1.92. The maximum Gasteiger partial charge on any atom is 0.0771 e. The Morgan fingerprint density at radius 3 is 2.80 bits per heavy atom. The Balaban J connectivity index is 2.84. The van der Waals surface area contributed by atoms with Gasteiger partial charge in [-0.1, -0.05) is 12.8 Å². The normalized spacial score (nSPS) is 8.60. The molecule has 0 bridgehead atoms. The van der Waals surface area contributed by atoms with Crippen molar-refractivity contribution in [3.8, 4) is 11.8 Å².